The topological polar surface area (TPSA) is 93.2 Å². The first kappa shape index (κ1) is 18.4. The minimum Gasteiger partial charge on any atom is -0.395 e. The van der Waals surface area contributed by atoms with Crippen molar-refractivity contribution >= 4 is 18.1 Å². The summed E-state index contributed by atoms with van der Waals surface area (Å²) in [7, 11) is 4.41. The second-order valence-electron chi connectivity index (χ2n) is 4.96. The average molecular weight is 322 g/mol. The standard InChI is InChI=1S/C15H22N4O4/c1-16-13(21)18(9-10-20)15(23)19(14(22)17(2)3)11-12-7-5-4-6-8-12/h4-8,20H,9-11H2,1-3H3,(H,16,21). The van der Waals surface area contributed by atoms with Crippen molar-refractivity contribution in [3.63, 3.8) is 0 Å². The third kappa shape index (κ3) is 4.96. The monoisotopic (exact) mass is 322 g/mol. The summed E-state index contributed by atoms with van der Waals surface area (Å²) >= 11 is 0. The molecule has 23 heavy (non-hydrogen) atoms. The number of carbonyl (C=O) groups excluding carboxylic acids is 3. The molecule has 126 valence electrons. The summed E-state index contributed by atoms with van der Waals surface area (Å²) in [6, 6.07) is 6.94. The molecule has 1 rings (SSSR count). The van der Waals surface area contributed by atoms with Gasteiger partial charge in [0, 0.05) is 21.1 Å². The molecule has 1 aromatic carbocycles. The number of carbonyl (C=O) groups is 3. The number of nitrogens with one attached hydrogen (secondary N) is 1. The van der Waals surface area contributed by atoms with Gasteiger partial charge in [0.25, 0.3) is 0 Å². The van der Waals surface area contributed by atoms with Crippen molar-refractivity contribution in [2.45, 2.75) is 6.54 Å². The van der Waals surface area contributed by atoms with E-state index in [2.05, 4.69) is 5.32 Å². The van der Waals surface area contributed by atoms with Crippen LogP contribution in [0, 0.1) is 0 Å². The molecule has 2 N–H and O–H groups in total. The van der Waals surface area contributed by atoms with Gasteiger partial charge in [-0.1, -0.05) is 30.3 Å². The summed E-state index contributed by atoms with van der Waals surface area (Å²) in [6.45, 7) is -0.575. The number of urea groups is 3. The van der Waals surface area contributed by atoms with Crippen LogP contribution in [-0.2, 0) is 6.54 Å². The van der Waals surface area contributed by atoms with Crippen LogP contribution in [0.4, 0.5) is 14.4 Å². The van der Waals surface area contributed by atoms with Crippen molar-refractivity contribution < 1.29 is 19.5 Å². The summed E-state index contributed by atoms with van der Waals surface area (Å²) < 4.78 is 0. The van der Waals surface area contributed by atoms with Crippen LogP contribution in [-0.4, -0.2) is 72.2 Å². The quantitative estimate of drug-likeness (QED) is 0.862. The number of aliphatic hydroxyl groups excluding tert-OH is 1. The van der Waals surface area contributed by atoms with Gasteiger partial charge in [-0.2, -0.15) is 0 Å². The van der Waals surface area contributed by atoms with Gasteiger partial charge in [0.05, 0.1) is 19.7 Å². The summed E-state index contributed by atoms with van der Waals surface area (Å²) in [5, 5.41) is 11.4. The van der Waals surface area contributed by atoms with E-state index >= 15 is 0 Å². The minimum absolute atomic E-state index is 0.0234. The Morgan fingerprint density at radius 1 is 1.04 bits per heavy atom. The molecule has 0 saturated carbocycles. The molecular weight excluding hydrogens is 300 g/mol. The van der Waals surface area contributed by atoms with Crippen LogP contribution in [0.15, 0.2) is 30.3 Å². The fraction of sp³-hybridized carbons (Fsp3) is 0.400. The predicted octanol–water partition coefficient (Wildman–Crippen LogP) is 0.924. The van der Waals surface area contributed by atoms with Gasteiger partial charge in [-0.3, -0.25) is 0 Å². The molecule has 0 aliphatic heterocycles. The van der Waals surface area contributed by atoms with Crippen molar-refractivity contribution in [1.82, 2.24) is 20.0 Å². The van der Waals surface area contributed by atoms with Crippen LogP contribution in [0.1, 0.15) is 5.56 Å². The molecule has 0 saturated heterocycles. The summed E-state index contributed by atoms with van der Waals surface area (Å²) in [4.78, 5) is 39.8. The van der Waals surface area contributed by atoms with Crippen molar-refractivity contribution in [3.8, 4) is 0 Å². The molecule has 0 radical (unpaired) electrons. The summed E-state index contributed by atoms with van der Waals surface area (Å²) in [6.07, 6.45) is 0. The number of nitrogens with zero attached hydrogens (tertiary/aromatic N) is 3. The first-order chi connectivity index (χ1) is 10.9. The largest absolute Gasteiger partial charge is 0.395 e. The van der Waals surface area contributed by atoms with E-state index in [0.29, 0.717) is 0 Å². The summed E-state index contributed by atoms with van der Waals surface area (Å²) in [5.74, 6) is 0. The zero-order valence-corrected chi connectivity index (χ0v) is 13.5. The first-order valence-electron chi connectivity index (χ1n) is 7.09. The first-order valence-corrected chi connectivity index (χ1v) is 7.09. The normalized spacial score (nSPS) is 9.91. The molecular formula is C15H22N4O4. The lowest BCUT2D eigenvalue weighted by Crippen LogP contribution is -2.53. The highest BCUT2D eigenvalue weighted by molar-refractivity contribution is 6.01. The van der Waals surface area contributed by atoms with Crippen molar-refractivity contribution in [2.75, 3.05) is 34.3 Å². The van der Waals surface area contributed by atoms with Gasteiger partial charge < -0.3 is 15.3 Å². The Labute approximate surface area is 135 Å². The number of amides is 6. The van der Waals surface area contributed by atoms with Gasteiger partial charge in [0.1, 0.15) is 0 Å². The Hall–Kier alpha value is -2.61. The summed E-state index contributed by atoms with van der Waals surface area (Å²) in [5.41, 5.74) is 0.747. The Balaban J connectivity index is 3.08. The Bertz CT molecular complexity index is 548. The van der Waals surface area contributed by atoms with E-state index < -0.39 is 24.7 Å². The van der Waals surface area contributed by atoms with Gasteiger partial charge in [-0.15, -0.1) is 0 Å². The molecule has 0 aliphatic carbocycles. The van der Waals surface area contributed by atoms with Crippen LogP contribution >= 0.6 is 0 Å². The zero-order valence-electron chi connectivity index (χ0n) is 13.5. The van der Waals surface area contributed by atoms with E-state index in [9.17, 15) is 14.4 Å². The minimum atomic E-state index is -0.791. The lowest BCUT2D eigenvalue weighted by Gasteiger charge is -2.29. The molecule has 6 amide bonds. The number of aliphatic hydroxyl groups is 1. The predicted molar refractivity (Wildman–Crippen MR) is 84.7 cm³/mol. The van der Waals surface area contributed by atoms with E-state index in [1.54, 1.807) is 24.3 Å². The Morgan fingerprint density at radius 3 is 2.13 bits per heavy atom. The number of benzene rings is 1. The SMILES string of the molecule is CNC(=O)N(CCO)C(=O)N(Cc1ccccc1)C(=O)N(C)C. The number of hydrogen-bond donors (Lipinski definition) is 2. The molecule has 8 heteroatoms. The van der Waals surface area contributed by atoms with Crippen LogP contribution in [0.25, 0.3) is 0 Å². The average Bonchev–Trinajstić information content (AvgIpc) is 2.56. The van der Waals surface area contributed by atoms with Crippen LogP contribution in [0.3, 0.4) is 0 Å². The third-order valence-electron chi connectivity index (χ3n) is 3.04. The van der Waals surface area contributed by atoms with Gasteiger partial charge in [0.15, 0.2) is 0 Å². The van der Waals surface area contributed by atoms with Gasteiger partial charge in [-0.25, -0.2) is 24.2 Å². The van der Waals surface area contributed by atoms with E-state index in [-0.39, 0.29) is 13.1 Å². The number of rotatable bonds is 4. The van der Waals surface area contributed by atoms with E-state index in [4.69, 9.17) is 5.11 Å². The van der Waals surface area contributed by atoms with Gasteiger partial charge >= 0.3 is 18.1 Å². The van der Waals surface area contributed by atoms with Crippen LogP contribution < -0.4 is 5.32 Å². The highest BCUT2D eigenvalue weighted by atomic mass is 16.3. The lowest BCUT2D eigenvalue weighted by atomic mass is 10.2. The second kappa shape index (κ2) is 8.74. The molecule has 0 fully saturated rings. The maximum Gasteiger partial charge on any atom is 0.336 e. The highest BCUT2D eigenvalue weighted by Crippen LogP contribution is 2.10. The van der Waals surface area contributed by atoms with E-state index in [1.165, 1.54) is 26.0 Å². The van der Waals surface area contributed by atoms with Crippen molar-refractivity contribution in [2.24, 2.45) is 0 Å². The second-order valence-corrected chi connectivity index (χ2v) is 4.96. The van der Waals surface area contributed by atoms with E-state index in [1.807, 2.05) is 6.07 Å². The molecule has 0 bridgehead atoms. The molecule has 0 atom stereocenters. The molecule has 0 aliphatic rings. The molecule has 0 unspecified atom stereocenters. The van der Waals surface area contributed by atoms with Crippen molar-refractivity contribution in [3.05, 3.63) is 35.9 Å². The zero-order chi connectivity index (χ0) is 17.4. The van der Waals surface area contributed by atoms with Crippen LogP contribution in [0.5, 0.6) is 0 Å². The Morgan fingerprint density at radius 2 is 1.65 bits per heavy atom. The molecule has 0 aromatic heterocycles. The fourth-order valence-electron chi connectivity index (χ4n) is 1.89. The van der Waals surface area contributed by atoms with Crippen molar-refractivity contribution in [1.29, 1.82) is 0 Å². The number of imide groups is 2. The molecule has 8 nitrogen and oxygen atoms in total. The molecule has 0 heterocycles. The number of hydrogen-bond acceptors (Lipinski definition) is 4. The molecule has 0 spiro atoms. The highest BCUT2D eigenvalue weighted by Gasteiger charge is 2.30. The fourth-order valence-corrected chi connectivity index (χ4v) is 1.89. The van der Waals surface area contributed by atoms with Crippen LogP contribution in [0.2, 0.25) is 0 Å². The maximum absolute atomic E-state index is 12.6. The Kier molecular flexibility index (Phi) is 7.01. The van der Waals surface area contributed by atoms with Gasteiger partial charge in [-0.05, 0) is 5.56 Å². The van der Waals surface area contributed by atoms with Gasteiger partial charge in [0.2, 0.25) is 0 Å². The molecule has 1 aromatic rings. The lowest BCUT2D eigenvalue weighted by molar-refractivity contribution is 0.135. The van der Waals surface area contributed by atoms with E-state index in [0.717, 1.165) is 15.4 Å². The third-order valence-corrected chi connectivity index (χ3v) is 3.04. The smallest absolute Gasteiger partial charge is 0.336 e. The maximum atomic E-state index is 12.6.